The van der Waals surface area contributed by atoms with Gasteiger partial charge in [0.25, 0.3) is 5.91 Å². The van der Waals surface area contributed by atoms with Crippen molar-refractivity contribution in [3.63, 3.8) is 0 Å². The lowest BCUT2D eigenvalue weighted by Gasteiger charge is -2.08. The van der Waals surface area contributed by atoms with Gasteiger partial charge in [0.05, 0.1) is 11.8 Å². The minimum absolute atomic E-state index is 0.0394. The summed E-state index contributed by atoms with van der Waals surface area (Å²) >= 11 is 0. The number of nitrogens with zero attached hydrogens (tertiary/aromatic N) is 2. The molecule has 7 heteroatoms. The van der Waals surface area contributed by atoms with Crippen LogP contribution in [0.1, 0.15) is 33.8 Å². The van der Waals surface area contributed by atoms with E-state index >= 15 is 0 Å². The molecular weight excluding hydrogens is 330 g/mol. The zero-order valence-corrected chi connectivity index (χ0v) is 13.7. The van der Waals surface area contributed by atoms with Crippen LogP contribution in [0, 0.1) is 5.92 Å². The molecule has 2 unspecified atom stereocenters. The van der Waals surface area contributed by atoms with E-state index in [2.05, 4.69) is 25.8 Å². The Labute approximate surface area is 148 Å². The van der Waals surface area contributed by atoms with Crippen LogP contribution < -0.4 is 10.7 Å². The maximum absolute atomic E-state index is 12.6. The predicted molar refractivity (Wildman–Crippen MR) is 97.1 cm³/mol. The van der Waals surface area contributed by atoms with Crippen LogP contribution in [0.4, 0.5) is 5.69 Å². The van der Waals surface area contributed by atoms with Crippen molar-refractivity contribution in [2.45, 2.75) is 12.3 Å². The third-order valence-electron chi connectivity index (χ3n) is 4.93. The predicted octanol–water partition coefficient (Wildman–Crippen LogP) is 2.38. The van der Waals surface area contributed by atoms with Crippen molar-refractivity contribution in [3.8, 4) is 0 Å². The number of aromatic nitrogens is 2. The number of amides is 2. The van der Waals surface area contributed by atoms with Gasteiger partial charge in [0.1, 0.15) is 0 Å². The lowest BCUT2D eigenvalue weighted by atomic mass is 10.0. The van der Waals surface area contributed by atoms with Crippen LogP contribution in [0.25, 0.3) is 10.9 Å². The Morgan fingerprint density at radius 2 is 2.23 bits per heavy atom. The smallest absolute Gasteiger partial charge is 0.272 e. The van der Waals surface area contributed by atoms with Gasteiger partial charge in [-0.1, -0.05) is 6.07 Å². The highest BCUT2D eigenvalue weighted by Crippen LogP contribution is 2.47. The van der Waals surface area contributed by atoms with Crippen molar-refractivity contribution < 1.29 is 9.59 Å². The van der Waals surface area contributed by atoms with Crippen LogP contribution >= 0.6 is 0 Å². The molecule has 2 aromatic heterocycles. The molecule has 2 atom stereocenters. The van der Waals surface area contributed by atoms with Gasteiger partial charge in [-0.15, -0.1) is 0 Å². The van der Waals surface area contributed by atoms with Gasteiger partial charge in [-0.05, 0) is 36.1 Å². The van der Waals surface area contributed by atoms with Crippen molar-refractivity contribution in [2.75, 3.05) is 5.32 Å². The number of rotatable bonds is 3. The molecule has 0 radical (unpaired) electrons. The normalized spacial score (nSPS) is 20.5. The summed E-state index contributed by atoms with van der Waals surface area (Å²) in [7, 11) is 0. The molecule has 1 fully saturated rings. The minimum Gasteiger partial charge on any atom is -0.360 e. The largest absolute Gasteiger partial charge is 0.360 e. The van der Waals surface area contributed by atoms with Gasteiger partial charge in [-0.3, -0.25) is 14.6 Å². The summed E-state index contributed by atoms with van der Waals surface area (Å²) in [6, 6.07) is 7.42. The van der Waals surface area contributed by atoms with Gasteiger partial charge >= 0.3 is 0 Å². The van der Waals surface area contributed by atoms with Gasteiger partial charge in [0.15, 0.2) is 0 Å². The number of carbonyl (C=O) groups is 2. The third-order valence-corrected chi connectivity index (χ3v) is 4.93. The number of anilines is 1. The van der Waals surface area contributed by atoms with E-state index in [1.54, 1.807) is 24.7 Å². The van der Waals surface area contributed by atoms with Crippen LogP contribution in [-0.4, -0.2) is 28.0 Å². The Morgan fingerprint density at radius 3 is 3.08 bits per heavy atom. The number of hydrogen-bond acceptors (Lipinski definition) is 4. The fourth-order valence-electron chi connectivity index (χ4n) is 3.55. The van der Waals surface area contributed by atoms with Crippen molar-refractivity contribution in [1.29, 1.82) is 0 Å². The molecule has 3 heterocycles. The second-order valence-corrected chi connectivity index (χ2v) is 6.61. The van der Waals surface area contributed by atoms with Gasteiger partial charge in [-0.25, -0.2) is 5.43 Å². The highest BCUT2D eigenvalue weighted by Gasteiger charge is 2.44. The van der Waals surface area contributed by atoms with E-state index in [0.29, 0.717) is 11.3 Å². The number of carbonyl (C=O) groups excluding carboxylic acids is 2. The molecule has 3 N–H and O–H groups in total. The van der Waals surface area contributed by atoms with Gasteiger partial charge in [0.2, 0.25) is 5.91 Å². The van der Waals surface area contributed by atoms with Crippen molar-refractivity contribution in [2.24, 2.45) is 11.0 Å². The molecular formula is C19H15N5O2. The molecule has 0 bridgehead atoms. The summed E-state index contributed by atoms with van der Waals surface area (Å²) in [6.07, 6.45) is 7.75. The Morgan fingerprint density at radius 1 is 1.31 bits per heavy atom. The topological polar surface area (TPSA) is 99.2 Å². The maximum Gasteiger partial charge on any atom is 0.272 e. The lowest BCUT2D eigenvalue weighted by Crippen LogP contribution is -2.18. The fraction of sp³-hybridized carbons (Fsp3) is 0.158. The maximum atomic E-state index is 12.6. The van der Waals surface area contributed by atoms with Gasteiger partial charge in [-0.2, -0.15) is 5.10 Å². The molecule has 1 aliphatic carbocycles. The number of nitrogens with one attached hydrogen (secondary N) is 3. The summed E-state index contributed by atoms with van der Waals surface area (Å²) in [5, 5.41) is 7.65. The summed E-state index contributed by atoms with van der Waals surface area (Å²) in [5.41, 5.74) is 6.28. The first-order valence-corrected chi connectivity index (χ1v) is 8.40. The SMILES string of the molecule is O=C1NN=Cc2c[nH]c3cc(NC(=O)C4CC4c4cccnc4)cc1c23. The number of aromatic amines is 1. The van der Waals surface area contributed by atoms with E-state index in [1.165, 1.54) is 0 Å². The number of H-pyrrole nitrogens is 1. The molecule has 7 nitrogen and oxygen atoms in total. The highest BCUT2D eigenvalue weighted by atomic mass is 16.2. The summed E-state index contributed by atoms with van der Waals surface area (Å²) < 4.78 is 0. The van der Waals surface area contributed by atoms with E-state index in [1.807, 2.05) is 24.4 Å². The first kappa shape index (κ1) is 14.8. The number of benzene rings is 1. The van der Waals surface area contributed by atoms with Crippen LogP contribution in [0.2, 0.25) is 0 Å². The standard InChI is InChI=1S/C19H15N5O2/c25-18(14-6-13(14)10-2-1-3-20-7-10)23-12-4-15-17-11(8-21-16(17)5-12)9-22-24-19(15)26/h1-5,7-9,13-14,21H,6H2,(H,23,25)(H,24,26). The first-order chi connectivity index (χ1) is 12.7. The molecule has 128 valence electrons. The molecule has 1 aliphatic heterocycles. The number of pyridine rings is 1. The zero-order chi connectivity index (χ0) is 17.7. The summed E-state index contributed by atoms with van der Waals surface area (Å²) in [5.74, 6) is -0.184. The van der Waals surface area contributed by atoms with Gasteiger partial charge < -0.3 is 10.3 Å². The molecule has 2 aliphatic rings. The molecule has 0 saturated heterocycles. The van der Waals surface area contributed by atoms with E-state index < -0.39 is 0 Å². The van der Waals surface area contributed by atoms with Crippen LogP contribution in [-0.2, 0) is 4.79 Å². The van der Waals surface area contributed by atoms with E-state index in [4.69, 9.17) is 0 Å². The quantitative estimate of drug-likeness (QED) is 0.679. The Balaban J connectivity index is 1.42. The van der Waals surface area contributed by atoms with Crippen molar-refractivity contribution in [3.05, 3.63) is 59.5 Å². The second kappa shape index (κ2) is 5.52. The third kappa shape index (κ3) is 2.36. The molecule has 5 rings (SSSR count). The van der Waals surface area contributed by atoms with E-state index in [-0.39, 0.29) is 23.7 Å². The van der Waals surface area contributed by atoms with Gasteiger partial charge in [0, 0.05) is 46.7 Å². The molecule has 2 amide bonds. The van der Waals surface area contributed by atoms with Crippen molar-refractivity contribution >= 4 is 34.6 Å². The lowest BCUT2D eigenvalue weighted by molar-refractivity contribution is -0.117. The Bertz CT molecular complexity index is 1070. The molecule has 3 aromatic rings. The highest BCUT2D eigenvalue weighted by molar-refractivity contribution is 6.15. The average Bonchev–Trinajstić information content (AvgIpc) is 3.39. The van der Waals surface area contributed by atoms with Crippen LogP contribution in [0.15, 0.2) is 48.0 Å². The van der Waals surface area contributed by atoms with Crippen molar-refractivity contribution in [1.82, 2.24) is 15.4 Å². The average molecular weight is 345 g/mol. The molecule has 26 heavy (non-hydrogen) atoms. The summed E-state index contributed by atoms with van der Waals surface area (Å²) in [4.78, 5) is 32.1. The number of hydrogen-bond donors (Lipinski definition) is 3. The number of hydrazone groups is 1. The monoisotopic (exact) mass is 345 g/mol. The first-order valence-electron chi connectivity index (χ1n) is 8.40. The van der Waals surface area contributed by atoms with E-state index in [9.17, 15) is 9.59 Å². The minimum atomic E-state index is -0.291. The molecule has 1 saturated carbocycles. The second-order valence-electron chi connectivity index (χ2n) is 6.61. The molecule has 1 aromatic carbocycles. The summed E-state index contributed by atoms with van der Waals surface area (Å²) in [6.45, 7) is 0. The Hall–Kier alpha value is -3.48. The molecule has 0 spiro atoms. The van der Waals surface area contributed by atoms with Crippen LogP contribution in [0.3, 0.4) is 0 Å². The zero-order valence-electron chi connectivity index (χ0n) is 13.7. The Kier molecular flexibility index (Phi) is 3.15. The fourth-order valence-corrected chi connectivity index (χ4v) is 3.55. The van der Waals surface area contributed by atoms with E-state index in [0.717, 1.165) is 28.5 Å². The van der Waals surface area contributed by atoms with Crippen LogP contribution in [0.5, 0.6) is 0 Å².